The molecule has 0 amide bonds. The molecule has 1 aliphatic heterocycles. The quantitative estimate of drug-likeness (QED) is 0.319. The SMILES string of the molecule is COc1ccc(C=CCN2CCN(C(c3ccc(F)cc3)c3ccc(F)cc3)CC2)c(OC)c1.O=C(O)C=CC(=O)O. The molecule has 3 aromatic rings. The first kappa shape index (κ1) is 32.0. The Morgan fingerprint density at radius 2 is 1.33 bits per heavy atom. The molecular formula is C32H34F2N2O6. The number of piperazine rings is 1. The van der Waals surface area contributed by atoms with Gasteiger partial charge in [-0.3, -0.25) is 9.80 Å². The van der Waals surface area contributed by atoms with Gasteiger partial charge in [-0.15, -0.1) is 0 Å². The Morgan fingerprint density at radius 1 is 0.810 bits per heavy atom. The summed E-state index contributed by atoms with van der Waals surface area (Å²) in [5, 5.41) is 15.6. The zero-order valence-corrected chi connectivity index (χ0v) is 23.5. The van der Waals surface area contributed by atoms with Gasteiger partial charge in [-0.2, -0.15) is 0 Å². The first-order valence-electron chi connectivity index (χ1n) is 13.2. The Kier molecular flexibility index (Phi) is 12.2. The van der Waals surface area contributed by atoms with Gasteiger partial charge in [-0.1, -0.05) is 36.4 Å². The molecule has 0 radical (unpaired) electrons. The molecule has 1 heterocycles. The number of aliphatic carboxylic acids is 2. The largest absolute Gasteiger partial charge is 0.497 e. The van der Waals surface area contributed by atoms with Crippen molar-refractivity contribution in [1.29, 1.82) is 0 Å². The van der Waals surface area contributed by atoms with Crippen LogP contribution in [0.1, 0.15) is 22.7 Å². The molecule has 4 rings (SSSR count). The van der Waals surface area contributed by atoms with Crippen molar-refractivity contribution in [3.63, 3.8) is 0 Å². The number of ether oxygens (including phenoxy) is 2. The summed E-state index contributed by atoms with van der Waals surface area (Å²) < 4.78 is 37.8. The summed E-state index contributed by atoms with van der Waals surface area (Å²) in [4.78, 5) is 23.9. The minimum absolute atomic E-state index is 0.0394. The number of carboxylic acids is 2. The van der Waals surface area contributed by atoms with E-state index in [1.54, 1.807) is 14.2 Å². The minimum Gasteiger partial charge on any atom is -0.497 e. The van der Waals surface area contributed by atoms with Gasteiger partial charge in [0.25, 0.3) is 0 Å². The standard InChI is InChI=1S/C28H30F2N2O2.C4H4O4/c1-33-26-14-9-21(27(20-26)34-2)4-3-15-31-16-18-32(19-17-31)28(22-5-10-24(29)11-6-22)23-7-12-25(30)13-8-23;5-3(6)1-2-4(7)8/h3-14,20,28H,15-19H2,1-2H3;1-2H,(H,5,6)(H,7,8). The van der Waals surface area contributed by atoms with Gasteiger partial charge in [-0.05, 0) is 47.5 Å². The highest BCUT2D eigenvalue weighted by Crippen LogP contribution is 2.30. The number of hydrogen-bond acceptors (Lipinski definition) is 6. The minimum atomic E-state index is -1.26. The Morgan fingerprint density at radius 3 is 1.79 bits per heavy atom. The second-order valence-electron chi connectivity index (χ2n) is 9.36. The molecule has 0 aromatic heterocycles. The van der Waals surface area contributed by atoms with Crippen LogP contribution < -0.4 is 9.47 Å². The lowest BCUT2D eigenvalue weighted by atomic mass is 9.96. The van der Waals surface area contributed by atoms with Crippen LogP contribution >= 0.6 is 0 Å². The van der Waals surface area contributed by atoms with E-state index in [9.17, 15) is 18.4 Å². The third-order valence-corrected chi connectivity index (χ3v) is 6.61. The van der Waals surface area contributed by atoms with Crippen molar-refractivity contribution in [2.45, 2.75) is 6.04 Å². The van der Waals surface area contributed by atoms with Crippen LogP contribution in [0.25, 0.3) is 6.08 Å². The highest BCUT2D eigenvalue weighted by molar-refractivity contribution is 5.89. The third kappa shape index (κ3) is 9.83. The molecule has 0 spiro atoms. The Hall–Kier alpha value is -4.54. The molecule has 1 fully saturated rings. The van der Waals surface area contributed by atoms with Crippen molar-refractivity contribution in [1.82, 2.24) is 9.80 Å². The number of carboxylic acid groups (broad SMARTS) is 2. The zero-order valence-electron chi connectivity index (χ0n) is 23.5. The van der Waals surface area contributed by atoms with Crippen molar-refractivity contribution >= 4 is 18.0 Å². The fourth-order valence-corrected chi connectivity index (χ4v) is 4.54. The highest BCUT2D eigenvalue weighted by atomic mass is 19.1. The van der Waals surface area contributed by atoms with E-state index < -0.39 is 11.9 Å². The van der Waals surface area contributed by atoms with Crippen molar-refractivity contribution in [2.24, 2.45) is 0 Å². The Balaban J connectivity index is 0.000000531. The number of benzene rings is 3. The maximum atomic E-state index is 13.5. The normalized spacial score (nSPS) is 14.1. The van der Waals surface area contributed by atoms with Gasteiger partial charge in [0.05, 0.1) is 20.3 Å². The maximum absolute atomic E-state index is 13.5. The molecule has 8 nitrogen and oxygen atoms in total. The predicted octanol–water partition coefficient (Wildman–Crippen LogP) is 5.11. The van der Waals surface area contributed by atoms with E-state index in [1.165, 1.54) is 24.3 Å². The van der Waals surface area contributed by atoms with Crippen LogP contribution in [0, 0.1) is 11.6 Å². The number of rotatable bonds is 10. The van der Waals surface area contributed by atoms with Crippen LogP contribution in [0.2, 0.25) is 0 Å². The summed E-state index contributed by atoms with van der Waals surface area (Å²) in [7, 11) is 3.30. The second-order valence-corrected chi connectivity index (χ2v) is 9.36. The Labute approximate surface area is 243 Å². The summed E-state index contributed by atoms with van der Waals surface area (Å²) in [6.07, 6.45) is 5.34. The van der Waals surface area contributed by atoms with Crippen LogP contribution in [-0.2, 0) is 9.59 Å². The third-order valence-electron chi connectivity index (χ3n) is 6.61. The van der Waals surface area contributed by atoms with E-state index in [0.29, 0.717) is 12.2 Å². The monoisotopic (exact) mass is 580 g/mol. The predicted molar refractivity (Wildman–Crippen MR) is 156 cm³/mol. The molecule has 1 aliphatic rings. The lowest BCUT2D eigenvalue weighted by Gasteiger charge is -2.39. The van der Waals surface area contributed by atoms with Gasteiger partial charge in [-0.25, -0.2) is 18.4 Å². The van der Waals surface area contributed by atoms with Crippen molar-refractivity contribution in [2.75, 3.05) is 46.9 Å². The van der Waals surface area contributed by atoms with E-state index in [2.05, 4.69) is 22.0 Å². The molecule has 3 aromatic carbocycles. The van der Waals surface area contributed by atoms with E-state index in [-0.39, 0.29) is 17.7 Å². The van der Waals surface area contributed by atoms with Gasteiger partial charge in [0, 0.05) is 56.5 Å². The summed E-state index contributed by atoms with van der Waals surface area (Å²) in [6, 6.07) is 19.0. The average Bonchev–Trinajstić information content (AvgIpc) is 2.99. The molecule has 0 aliphatic carbocycles. The molecule has 2 N–H and O–H groups in total. The van der Waals surface area contributed by atoms with Gasteiger partial charge in [0.1, 0.15) is 23.1 Å². The molecule has 1 saturated heterocycles. The molecule has 0 unspecified atom stereocenters. The second kappa shape index (κ2) is 16.0. The molecule has 0 bridgehead atoms. The molecule has 222 valence electrons. The fourth-order valence-electron chi connectivity index (χ4n) is 4.54. The maximum Gasteiger partial charge on any atom is 0.328 e. The van der Waals surface area contributed by atoms with Crippen molar-refractivity contribution in [3.05, 3.63) is 113 Å². The Bertz CT molecular complexity index is 1310. The van der Waals surface area contributed by atoms with E-state index in [4.69, 9.17) is 19.7 Å². The summed E-state index contributed by atoms with van der Waals surface area (Å²) in [6.45, 7) is 4.37. The van der Waals surface area contributed by atoms with E-state index in [0.717, 1.165) is 60.9 Å². The first-order valence-corrected chi connectivity index (χ1v) is 13.2. The van der Waals surface area contributed by atoms with E-state index in [1.807, 2.05) is 42.5 Å². The van der Waals surface area contributed by atoms with Crippen LogP contribution in [0.3, 0.4) is 0 Å². The molecule has 10 heteroatoms. The lowest BCUT2D eigenvalue weighted by molar-refractivity contribution is -0.134. The average molecular weight is 581 g/mol. The van der Waals surface area contributed by atoms with Crippen LogP contribution in [0.15, 0.2) is 85.0 Å². The fraction of sp³-hybridized carbons (Fsp3) is 0.250. The first-order chi connectivity index (χ1) is 20.2. The molecule has 42 heavy (non-hydrogen) atoms. The lowest BCUT2D eigenvalue weighted by Crippen LogP contribution is -2.47. The number of carbonyl (C=O) groups is 2. The topological polar surface area (TPSA) is 99.5 Å². The summed E-state index contributed by atoms with van der Waals surface area (Å²) in [5.41, 5.74) is 3.02. The summed E-state index contributed by atoms with van der Waals surface area (Å²) in [5.74, 6) is -1.48. The van der Waals surface area contributed by atoms with Gasteiger partial charge < -0.3 is 19.7 Å². The number of nitrogens with zero attached hydrogens (tertiary/aromatic N) is 2. The zero-order chi connectivity index (χ0) is 30.5. The molecule has 0 saturated carbocycles. The van der Waals surface area contributed by atoms with Gasteiger partial charge in [0.15, 0.2) is 0 Å². The van der Waals surface area contributed by atoms with E-state index >= 15 is 0 Å². The molecular weight excluding hydrogens is 546 g/mol. The van der Waals surface area contributed by atoms with Crippen LogP contribution in [0.5, 0.6) is 11.5 Å². The number of methoxy groups -OCH3 is 2. The molecule has 0 atom stereocenters. The summed E-state index contributed by atoms with van der Waals surface area (Å²) >= 11 is 0. The number of halogens is 2. The van der Waals surface area contributed by atoms with Gasteiger partial charge >= 0.3 is 11.9 Å². The van der Waals surface area contributed by atoms with Crippen molar-refractivity contribution in [3.8, 4) is 11.5 Å². The highest BCUT2D eigenvalue weighted by Gasteiger charge is 2.26. The van der Waals surface area contributed by atoms with Crippen molar-refractivity contribution < 1.29 is 38.1 Å². The smallest absolute Gasteiger partial charge is 0.328 e. The van der Waals surface area contributed by atoms with Gasteiger partial charge in [0.2, 0.25) is 0 Å². The van der Waals surface area contributed by atoms with Crippen LogP contribution in [0.4, 0.5) is 8.78 Å². The number of hydrogen-bond donors (Lipinski definition) is 2. The van der Waals surface area contributed by atoms with Crippen LogP contribution in [-0.4, -0.2) is 78.9 Å².